The fraction of sp³-hybridized carbons (Fsp3) is 0.417. The maximum absolute atomic E-state index is 13.6. The minimum absolute atomic E-state index is 0.0277. The Morgan fingerprint density at radius 1 is 1.33 bits per heavy atom. The largest absolute Gasteiger partial charge is 0.370 e. The van der Waals surface area contributed by atoms with Crippen molar-refractivity contribution in [3.05, 3.63) is 28.8 Å². The quantitative estimate of drug-likeness (QED) is 0.871. The Balaban J connectivity index is 2.20. The fourth-order valence-corrected chi connectivity index (χ4v) is 2.18. The van der Waals surface area contributed by atoms with Gasteiger partial charge in [0, 0.05) is 12.6 Å². The van der Waals surface area contributed by atoms with Gasteiger partial charge in [-0.05, 0) is 25.3 Å². The zero-order chi connectivity index (χ0) is 13.1. The number of benzene rings is 1. The zero-order valence-corrected chi connectivity index (χ0v) is 10.4. The molecule has 2 N–H and O–H groups in total. The molecule has 98 valence electrons. The van der Waals surface area contributed by atoms with Gasteiger partial charge in [0.25, 0.3) is 0 Å². The number of anilines is 1. The lowest BCUT2D eigenvalue weighted by Gasteiger charge is -2.18. The van der Waals surface area contributed by atoms with Gasteiger partial charge in [0.05, 0.1) is 10.7 Å². The van der Waals surface area contributed by atoms with Gasteiger partial charge in [-0.25, -0.2) is 8.78 Å². The minimum Gasteiger partial charge on any atom is -0.370 e. The third-order valence-corrected chi connectivity index (χ3v) is 3.16. The van der Waals surface area contributed by atoms with Crippen molar-refractivity contribution in [2.24, 2.45) is 0 Å². The molecule has 1 unspecified atom stereocenters. The van der Waals surface area contributed by atoms with E-state index in [2.05, 4.69) is 10.6 Å². The molecular weight excluding hydrogens is 262 g/mol. The van der Waals surface area contributed by atoms with E-state index in [9.17, 15) is 13.6 Å². The molecule has 0 bridgehead atoms. The molecule has 6 heteroatoms. The molecular formula is C12H13ClF2N2O. The lowest BCUT2D eigenvalue weighted by molar-refractivity contribution is -0.121. The monoisotopic (exact) mass is 274 g/mol. The minimum atomic E-state index is -0.794. The molecule has 1 heterocycles. The van der Waals surface area contributed by atoms with Crippen LogP contribution in [-0.4, -0.2) is 18.5 Å². The standard InChI is InChI=1S/C12H13ClF2N2O/c13-8-5-7(14)6-9(15)11(8)17-10-3-1-2-4-16-12(10)18/h5-6,10,17H,1-4H2,(H,16,18). The Bertz CT molecular complexity index is 444. The van der Waals surface area contributed by atoms with Crippen LogP contribution >= 0.6 is 11.6 Å². The number of carbonyl (C=O) groups excluding carboxylic acids is 1. The highest BCUT2D eigenvalue weighted by Crippen LogP contribution is 2.27. The van der Waals surface area contributed by atoms with Crippen molar-refractivity contribution in [2.75, 3.05) is 11.9 Å². The summed E-state index contributed by atoms with van der Waals surface area (Å²) in [5.74, 6) is -1.72. The summed E-state index contributed by atoms with van der Waals surface area (Å²) >= 11 is 5.77. The smallest absolute Gasteiger partial charge is 0.242 e. The van der Waals surface area contributed by atoms with Gasteiger partial charge in [-0.15, -0.1) is 0 Å². The Morgan fingerprint density at radius 3 is 2.83 bits per heavy atom. The van der Waals surface area contributed by atoms with Gasteiger partial charge in [-0.3, -0.25) is 4.79 Å². The highest BCUT2D eigenvalue weighted by Gasteiger charge is 2.22. The summed E-state index contributed by atoms with van der Waals surface area (Å²) in [7, 11) is 0. The summed E-state index contributed by atoms with van der Waals surface area (Å²) in [4.78, 5) is 11.7. The third kappa shape index (κ3) is 2.90. The maximum atomic E-state index is 13.6. The van der Waals surface area contributed by atoms with Crippen molar-refractivity contribution in [2.45, 2.75) is 25.3 Å². The highest BCUT2D eigenvalue weighted by molar-refractivity contribution is 6.33. The molecule has 2 rings (SSSR count). The first kappa shape index (κ1) is 13.1. The van der Waals surface area contributed by atoms with Crippen LogP contribution in [0.2, 0.25) is 5.02 Å². The van der Waals surface area contributed by atoms with Crippen LogP contribution in [0.1, 0.15) is 19.3 Å². The molecule has 0 spiro atoms. The molecule has 18 heavy (non-hydrogen) atoms. The Morgan fingerprint density at radius 2 is 2.11 bits per heavy atom. The normalized spacial score (nSPS) is 20.2. The predicted octanol–water partition coefficient (Wildman–Crippen LogP) is 2.70. The molecule has 1 aromatic carbocycles. The second-order valence-electron chi connectivity index (χ2n) is 4.23. The van der Waals surface area contributed by atoms with Crippen molar-refractivity contribution >= 4 is 23.2 Å². The van der Waals surface area contributed by atoms with E-state index in [-0.39, 0.29) is 16.6 Å². The average molecular weight is 275 g/mol. The number of nitrogens with one attached hydrogen (secondary N) is 2. The van der Waals surface area contributed by atoms with Crippen LogP contribution in [0.25, 0.3) is 0 Å². The van der Waals surface area contributed by atoms with Gasteiger partial charge in [-0.2, -0.15) is 0 Å². The van der Waals surface area contributed by atoms with Crippen LogP contribution in [0.15, 0.2) is 12.1 Å². The van der Waals surface area contributed by atoms with Crippen molar-refractivity contribution in [3.63, 3.8) is 0 Å². The van der Waals surface area contributed by atoms with Gasteiger partial charge >= 0.3 is 0 Å². The first-order chi connectivity index (χ1) is 8.58. The van der Waals surface area contributed by atoms with Crippen LogP contribution in [0.5, 0.6) is 0 Å². The Kier molecular flexibility index (Phi) is 4.01. The molecule has 3 nitrogen and oxygen atoms in total. The second-order valence-corrected chi connectivity index (χ2v) is 4.64. The summed E-state index contributed by atoms with van der Waals surface area (Å²) in [5, 5.41) is 5.41. The number of carbonyl (C=O) groups is 1. The lowest BCUT2D eigenvalue weighted by atomic mass is 10.1. The number of rotatable bonds is 2. The summed E-state index contributed by atoms with van der Waals surface area (Å²) < 4.78 is 26.5. The number of hydrogen-bond acceptors (Lipinski definition) is 2. The van der Waals surface area contributed by atoms with Crippen LogP contribution in [-0.2, 0) is 4.79 Å². The van der Waals surface area contributed by atoms with Gasteiger partial charge in [0.1, 0.15) is 11.9 Å². The summed E-state index contributed by atoms with van der Waals surface area (Å²) in [6.07, 6.45) is 2.35. The molecule has 0 radical (unpaired) electrons. The van der Waals surface area contributed by atoms with E-state index in [0.29, 0.717) is 13.0 Å². The first-order valence-corrected chi connectivity index (χ1v) is 6.14. The van der Waals surface area contributed by atoms with Crippen molar-refractivity contribution in [1.29, 1.82) is 0 Å². The second kappa shape index (κ2) is 5.52. The van der Waals surface area contributed by atoms with Crippen LogP contribution < -0.4 is 10.6 Å². The molecule has 0 saturated carbocycles. The topological polar surface area (TPSA) is 41.1 Å². The predicted molar refractivity (Wildman–Crippen MR) is 65.6 cm³/mol. The molecule has 1 atom stereocenters. The molecule has 1 aliphatic heterocycles. The Hall–Kier alpha value is -1.36. The van der Waals surface area contributed by atoms with E-state index in [4.69, 9.17) is 11.6 Å². The highest BCUT2D eigenvalue weighted by atomic mass is 35.5. The van der Waals surface area contributed by atoms with E-state index >= 15 is 0 Å². The zero-order valence-electron chi connectivity index (χ0n) is 9.60. The first-order valence-electron chi connectivity index (χ1n) is 5.76. The van der Waals surface area contributed by atoms with Crippen LogP contribution in [0.4, 0.5) is 14.5 Å². The third-order valence-electron chi connectivity index (χ3n) is 2.86. The van der Waals surface area contributed by atoms with Gasteiger partial charge in [-0.1, -0.05) is 11.6 Å². The SMILES string of the molecule is O=C1NCCCCC1Nc1c(F)cc(F)cc1Cl. The van der Waals surface area contributed by atoms with E-state index in [0.717, 1.165) is 25.0 Å². The van der Waals surface area contributed by atoms with E-state index in [1.807, 2.05) is 0 Å². The molecule has 1 amide bonds. The number of halogens is 3. The van der Waals surface area contributed by atoms with Crippen LogP contribution in [0, 0.1) is 11.6 Å². The Labute approximate surface area is 109 Å². The fourth-order valence-electron chi connectivity index (χ4n) is 1.93. The van der Waals surface area contributed by atoms with Crippen molar-refractivity contribution in [3.8, 4) is 0 Å². The molecule has 1 saturated heterocycles. The van der Waals surface area contributed by atoms with E-state index in [1.54, 1.807) is 0 Å². The number of amides is 1. The van der Waals surface area contributed by atoms with Crippen molar-refractivity contribution in [1.82, 2.24) is 5.32 Å². The summed E-state index contributed by atoms with van der Waals surface area (Å²) in [6.45, 7) is 0.622. The number of hydrogen-bond donors (Lipinski definition) is 2. The summed E-state index contributed by atoms with van der Waals surface area (Å²) in [6, 6.07) is 1.22. The maximum Gasteiger partial charge on any atom is 0.242 e. The van der Waals surface area contributed by atoms with Gasteiger partial charge < -0.3 is 10.6 Å². The lowest BCUT2D eigenvalue weighted by Crippen LogP contribution is -2.38. The molecule has 0 aromatic heterocycles. The van der Waals surface area contributed by atoms with E-state index in [1.165, 1.54) is 0 Å². The molecule has 1 aromatic rings. The van der Waals surface area contributed by atoms with Gasteiger partial charge in [0.15, 0.2) is 5.82 Å². The average Bonchev–Trinajstić information content (AvgIpc) is 2.49. The summed E-state index contributed by atoms with van der Waals surface area (Å²) in [5.41, 5.74) is -0.0277. The van der Waals surface area contributed by atoms with Crippen LogP contribution in [0.3, 0.4) is 0 Å². The van der Waals surface area contributed by atoms with E-state index < -0.39 is 17.7 Å². The molecule has 1 aliphatic rings. The van der Waals surface area contributed by atoms with Gasteiger partial charge in [0.2, 0.25) is 5.91 Å². The molecule has 1 fully saturated rings. The molecule has 0 aliphatic carbocycles. The van der Waals surface area contributed by atoms with Crippen molar-refractivity contribution < 1.29 is 13.6 Å².